The van der Waals surface area contributed by atoms with Crippen LogP contribution in [0.5, 0.6) is 5.75 Å². The summed E-state index contributed by atoms with van der Waals surface area (Å²) in [5, 5.41) is 19.3. The van der Waals surface area contributed by atoms with Crippen molar-refractivity contribution in [3.8, 4) is 5.75 Å². The third kappa shape index (κ3) is 1.67. The maximum atomic E-state index is 12.7. The van der Waals surface area contributed by atoms with Gasteiger partial charge in [-0.1, -0.05) is 6.07 Å². The minimum Gasteiger partial charge on any atom is -0.507 e. The minimum atomic E-state index is -4.72. The molecule has 0 atom stereocenters. The van der Waals surface area contributed by atoms with E-state index in [4.69, 9.17) is 11.1 Å². The van der Waals surface area contributed by atoms with Gasteiger partial charge >= 0.3 is 6.18 Å². The van der Waals surface area contributed by atoms with Gasteiger partial charge in [0.1, 0.15) is 5.75 Å². The number of halogens is 3. The summed E-state index contributed by atoms with van der Waals surface area (Å²) in [6.07, 6.45) is -4.72. The second kappa shape index (κ2) is 3.37. The van der Waals surface area contributed by atoms with Crippen molar-refractivity contribution in [2.75, 3.05) is 0 Å². The Morgan fingerprint density at radius 1 is 1.41 bits per heavy atom. The van der Waals surface area contributed by atoms with Gasteiger partial charge in [-0.2, -0.15) is 23.0 Å². The van der Waals surface area contributed by atoms with Crippen molar-refractivity contribution in [3.63, 3.8) is 0 Å². The van der Waals surface area contributed by atoms with Gasteiger partial charge in [0.05, 0.1) is 10.9 Å². The first-order chi connectivity index (χ1) is 7.82. The van der Waals surface area contributed by atoms with Gasteiger partial charge in [0.2, 0.25) is 5.96 Å². The van der Waals surface area contributed by atoms with Crippen LogP contribution in [0.2, 0.25) is 0 Å². The van der Waals surface area contributed by atoms with E-state index in [9.17, 15) is 18.3 Å². The molecule has 1 aromatic heterocycles. The average Bonchev–Trinajstić information content (AvgIpc) is 2.57. The molecule has 0 saturated heterocycles. The number of hydrogen-bond acceptors (Lipinski definition) is 3. The van der Waals surface area contributed by atoms with Gasteiger partial charge in [-0.05, 0) is 12.1 Å². The summed E-state index contributed by atoms with van der Waals surface area (Å²) in [5.74, 6) is -1.21. The second-order valence-electron chi connectivity index (χ2n) is 3.31. The number of alkyl halides is 3. The number of hydrogen-bond donors (Lipinski definition) is 3. The summed E-state index contributed by atoms with van der Waals surface area (Å²) in [7, 11) is 0. The molecule has 0 aliphatic rings. The molecule has 17 heavy (non-hydrogen) atoms. The quantitative estimate of drug-likeness (QED) is 0.484. The molecule has 0 aliphatic carbocycles. The number of nitrogens with zero attached hydrogens (tertiary/aromatic N) is 2. The molecule has 0 amide bonds. The highest BCUT2D eigenvalue weighted by molar-refractivity contribution is 5.95. The number of nitrogens with one attached hydrogen (secondary N) is 1. The van der Waals surface area contributed by atoms with Gasteiger partial charge in [0.25, 0.3) is 0 Å². The molecule has 1 heterocycles. The Morgan fingerprint density at radius 3 is 2.59 bits per heavy atom. The van der Waals surface area contributed by atoms with Crippen LogP contribution in [0.25, 0.3) is 10.9 Å². The normalized spacial score (nSPS) is 11.9. The number of fused-ring (bicyclic) bond motifs is 1. The number of benzene rings is 1. The summed E-state index contributed by atoms with van der Waals surface area (Å²) in [6.45, 7) is 0. The molecule has 0 bridgehead atoms. The summed E-state index contributed by atoms with van der Waals surface area (Å²) >= 11 is 0. The summed E-state index contributed by atoms with van der Waals surface area (Å²) in [6, 6.07) is 3.75. The Morgan fingerprint density at radius 2 is 2.06 bits per heavy atom. The predicted molar refractivity (Wildman–Crippen MR) is 53.7 cm³/mol. The highest BCUT2D eigenvalue weighted by Gasteiger charge is 2.38. The van der Waals surface area contributed by atoms with Crippen LogP contribution in [0.3, 0.4) is 0 Å². The SMILES string of the molecule is N=C(N)n1nc(C(F)(F)F)c2c(O)cccc21. The van der Waals surface area contributed by atoms with Crippen LogP contribution < -0.4 is 5.73 Å². The molecule has 5 nitrogen and oxygen atoms in total. The summed E-state index contributed by atoms with van der Waals surface area (Å²) < 4.78 is 38.7. The van der Waals surface area contributed by atoms with Crippen LogP contribution in [0, 0.1) is 5.41 Å². The van der Waals surface area contributed by atoms with Crippen molar-refractivity contribution >= 4 is 16.9 Å². The van der Waals surface area contributed by atoms with Crippen molar-refractivity contribution in [1.82, 2.24) is 9.78 Å². The molecule has 2 aromatic rings. The van der Waals surface area contributed by atoms with E-state index in [0.29, 0.717) is 4.68 Å². The van der Waals surface area contributed by atoms with Crippen LogP contribution in [0.15, 0.2) is 18.2 Å². The molecule has 8 heteroatoms. The zero-order chi connectivity index (χ0) is 12.8. The Hall–Kier alpha value is -2.25. The minimum absolute atomic E-state index is 0.0650. The molecule has 4 N–H and O–H groups in total. The monoisotopic (exact) mass is 244 g/mol. The van der Waals surface area contributed by atoms with Gasteiger partial charge < -0.3 is 10.8 Å². The molecule has 0 saturated carbocycles. The lowest BCUT2D eigenvalue weighted by molar-refractivity contribution is -0.140. The maximum Gasteiger partial charge on any atom is 0.435 e. The van der Waals surface area contributed by atoms with E-state index in [0.717, 1.165) is 6.07 Å². The first kappa shape index (κ1) is 11.2. The molecule has 0 fully saturated rings. The van der Waals surface area contributed by atoms with E-state index in [2.05, 4.69) is 5.10 Å². The fourth-order valence-corrected chi connectivity index (χ4v) is 1.53. The van der Waals surface area contributed by atoms with Crippen molar-refractivity contribution in [2.24, 2.45) is 5.73 Å². The van der Waals surface area contributed by atoms with Gasteiger partial charge in [-0.3, -0.25) is 5.41 Å². The molecular formula is C9H7F3N4O. The Labute approximate surface area is 92.8 Å². The Kier molecular flexibility index (Phi) is 2.23. The molecule has 2 rings (SSSR count). The maximum absolute atomic E-state index is 12.7. The Balaban J connectivity index is 2.91. The lowest BCUT2D eigenvalue weighted by Gasteiger charge is -2.02. The van der Waals surface area contributed by atoms with E-state index in [1.54, 1.807) is 0 Å². The van der Waals surface area contributed by atoms with Crippen molar-refractivity contribution in [2.45, 2.75) is 6.18 Å². The van der Waals surface area contributed by atoms with Crippen molar-refractivity contribution in [3.05, 3.63) is 23.9 Å². The molecule has 1 aromatic carbocycles. The predicted octanol–water partition coefficient (Wildman–Crippen LogP) is 1.50. The fraction of sp³-hybridized carbons (Fsp3) is 0.111. The molecular weight excluding hydrogens is 237 g/mol. The standard InChI is InChI=1S/C9H7F3N4O/c10-9(11,12)7-6-4(2-1-3-5(6)17)16(15-7)8(13)14/h1-3,17H,(H3,13,14). The number of aromatic hydroxyl groups is 1. The highest BCUT2D eigenvalue weighted by atomic mass is 19.4. The first-order valence-electron chi connectivity index (χ1n) is 4.44. The Bertz CT molecular complexity index is 602. The van der Waals surface area contributed by atoms with E-state index in [-0.39, 0.29) is 5.52 Å². The zero-order valence-electron chi connectivity index (χ0n) is 8.28. The molecule has 0 aliphatic heterocycles. The third-order valence-corrected chi connectivity index (χ3v) is 2.18. The molecule has 0 spiro atoms. The topological polar surface area (TPSA) is 87.9 Å². The number of nitrogen functional groups attached to an aromatic ring is 1. The lowest BCUT2D eigenvalue weighted by atomic mass is 10.2. The van der Waals surface area contributed by atoms with Gasteiger partial charge in [0, 0.05) is 0 Å². The first-order valence-corrected chi connectivity index (χ1v) is 4.44. The van der Waals surface area contributed by atoms with Gasteiger partial charge in [0.15, 0.2) is 5.69 Å². The van der Waals surface area contributed by atoms with Crippen LogP contribution in [0.4, 0.5) is 13.2 Å². The number of phenols is 1. The average molecular weight is 244 g/mol. The lowest BCUT2D eigenvalue weighted by Crippen LogP contribution is -2.22. The zero-order valence-corrected chi connectivity index (χ0v) is 8.28. The van der Waals surface area contributed by atoms with E-state index >= 15 is 0 Å². The highest BCUT2D eigenvalue weighted by Crippen LogP contribution is 2.37. The number of rotatable bonds is 0. The number of aromatic nitrogens is 2. The van der Waals surface area contributed by atoms with Crippen molar-refractivity contribution < 1.29 is 18.3 Å². The van der Waals surface area contributed by atoms with Crippen LogP contribution >= 0.6 is 0 Å². The van der Waals surface area contributed by atoms with Gasteiger partial charge in [-0.25, -0.2) is 0 Å². The second-order valence-corrected chi connectivity index (χ2v) is 3.31. The molecule has 0 unspecified atom stereocenters. The van der Waals surface area contributed by atoms with E-state index in [1.165, 1.54) is 12.1 Å². The van der Waals surface area contributed by atoms with Crippen molar-refractivity contribution in [1.29, 1.82) is 5.41 Å². The molecule has 90 valence electrons. The van der Waals surface area contributed by atoms with Gasteiger partial charge in [-0.15, -0.1) is 0 Å². The van der Waals surface area contributed by atoms with E-state index in [1.807, 2.05) is 0 Å². The largest absolute Gasteiger partial charge is 0.507 e. The number of nitrogens with two attached hydrogens (primary N) is 1. The molecule has 0 radical (unpaired) electrons. The van der Waals surface area contributed by atoms with Crippen LogP contribution in [-0.2, 0) is 6.18 Å². The summed E-state index contributed by atoms with van der Waals surface area (Å²) in [5.41, 5.74) is 3.79. The van der Waals surface area contributed by atoms with Crippen LogP contribution in [-0.4, -0.2) is 20.8 Å². The third-order valence-electron chi connectivity index (χ3n) is 2.18. The van der Waals surface area contributed by atoms with E-state index < -0.39 is 29.0 Å². The van der Waals surface area contributed by atoms with Crippen LogP contribution in [0.1, 0.15) is 5.69 Å². The number of phenolic OH excluding ortho intramolecular Hbond substituents is 1. The smallest absolute Gasteiger partial charge is 0.435 e. The summed E-state index contributed by atoms with van der Waals surface area (Å²) in [4.78, 5) is 0. The fourth-order valence-electron chi connectivity index (χ4n) is 1.53.